The fourth-order valence-corrected chi connectivity index (χ4v) is 2.03. The lowest BCUT2D eigenvalue weighted by Crippen LogP contribution is -2.18. The number of hydrogen-bond acceptors (Lipinski definition) is 4. The van der Waals surface area contributed by atoms with Crippen LogP contribution in [-0.2, 0) is 13.6 Å². The number of hydrogen-bond donors (Lipinski definition) is 1. The number of ether oxygens (including phenoxy) is 2. The molecule has 0 saturated carbocycles. The molecule has 0 amide bonds. The summed E-state index contributed by atoms with van der Waals surface area (Å²) in [5.41, 5.74) is 2.18. The summed E-state index contributed by atoms with van der Waals surface area (Å²) in [6.07, 6.45) is 1.95. The Kier molecular flexibility index (Phi) is 4.63. The van der Waals surface area contributed by atoms with Gasteiger partial charge in [0.05, 0.1) is 19.9 Å². The highest BCUT2D eigenvalue weighted by Gasteiger charge is 2.09. The minimum absolute atomic E-state index is 0.198. The van der Waals surface area contributed by atoms with Gasteiger partial charge in [-0.2, -0.15) is 5.10 Å². The molecule has 1 atom stereocenters. The van der Waals surface area contributed by atoms with E-state index in [-0.39, 0.29) is 6.04 Å². The summed E-state index contributed by atoms with van der Waals surface area (Å²) in [5.74, 6) is 1.49. The molecule has 0 spiro atoms. The van der Waals surface area contributed by atoms with Gasteiger partial charge in [-0.1, -0.05) is 6.07 Å². The molecule has 1 unspecified atom stereocenters. The van der Waals surface area contributed by atoms with Gasteiger partial charge < -0.3 is 14.8 Å². The molecule has 5 heteroatoms. The highest BCUT2D eigenvalue weighted by atomic mass is 16.5. The van der Waals surface area contributed by atoms with E-state index >= 15 is 0 Å². The van der Waals surface area contributed by atoms with Crippen LogP contribution in [0, 0.1) is 0 Å². The highest BCUT2D eigenvalue weighted by Crippen LogP contribution is 2.27. The fourth-order valence-electron chi connectivity index (χ4n) is 2.03. The van der Waals surface area contributed by atoms with Crippen molar-refractivity contribution in [1.29, 1.82) is 0 Å². The summed E-state index contributed by atoms with van der Waals surface area (Å²) >= 11 is 0. The van der Waals surface area contributed by atoms with Gasteiger partial charge in [0, 0.05) is 25.8 Å². The maximum absolute atomic E-state index is 5.30. The number of benzene rings is 1. The Hall–Kier alpha value is -2.01. The van der Waals surface area contributed by atoms with Crippen LogP contribution in [0.5, 0.6) is 11.5 Å². The van der Waals surface area contributed by atoms with E-state index in [1.54, 1.807) is 14.2 Å². The number of nitrogens with one attached hydrogen (secondary N) is 1. The van der Waals surface area contributed by atoms with Crippen LogP contribution in [0.1, 0.15) is 24.2 Å². The first-order valence-corrected chi connectivity index (χ1v) is 6.58. The Bertz CT molecular complexity index is 566. The van der Waals surface area contributed by atoms with Crippen molar-refractivity contribution in [3.05, 3.63) is 41.7 Å². The molecule has 0 radical (unpaired) electrons. The van der Waals surface area contributed by atoms with E-state index in [1.807, 2.05) is 42.2 Å². The number of methoxy groups -OCH3 is 2. The van der Waals surface area contributed by atoms with Crippen LogP contribution in [0.3, 0.4) is 0 Å². The van der Waals surface area contributed by atoms with Crippen molar-refractivity contribution in [2.75, 3.05) is 14.2 Å². The average molecular weight is 275 g/mol. The summed E-state index contributed by atoms with van der Waals surface area (Å²) in [7, 11) is 5.20. The van der Waals surface area contributed by atoms with Gasteiger partial charge in [0.1, 0.15) is 0 Å². The fraction of sp³-hybridized carbons (Fsp3) is 0.400. The van der Waals surface area contributed by atoms with Gasteiger partial charge in [0.2, 0.25) is 0 Å². The molecule has 0 bridgehead atoms. The molecular formula is C15H21N3O2. The molecule has 1 heterocycles. The first-order chi connectivity index (χ1) is 9.63. The Morgan fingerprint density at radius 3 is 2.55 bits per heavy atom. The van der Waals surface area contributed by atoms with Gasteiger partial charge in [-0.05, 0) is 30.7 Å². The third kappa shape index (κ3) is 3.30. The van der Waals surface area contributed by atoms with Crippen LogP contribution in [0.4, 0.5) is 0 Å². The quantitative estimate of drug-likeness (QED) is 0.878. The number of aromatic nitrogens is 2. The predicted octanol–water partition coefficient (Wildman–Crippen LogP) is 2.29. The zero-order chi connectivity index (χ0) is 14.5. The number of rotatable bonds is 6. The van der Waals surface area contributed by atoms with Gasteiger partial charge in [-0.25, -0.2) is 0 Å². The van der Waals surface area contributed by atoms with Gasteiger partial charge in [-0.3, -0.25) is 4.68 Å². The number of nitrogens with zero attached hydrogens (tertiary/aromatic N) is 2. The molecule has 0 aliphatic carbocycles. The highest BCUT2D eigenvalue weighted by molar-refractivity contribution is 5.42. The number of aryl methyl sites for hydroxylation is 1. The largest absolute Gasteiger partial charge is 0.493 e. The summed E-state index contributed by atoms with van der Waals surface area (Å²) in [6.45, 7) is 2.85. The molecule has 0 aliphatic rings. The molecule has 1 aromatic heterocycles. The third-order valence-electron chi connectivity index (χ3n) is 3.24. The maximum atomic E-state index is 5.30. The van der Waals surface area contributed by atoms with Crippen LogP contribution in [0.25, 0.3) is 0 Å². The van der Waals surface area contributed by atoms with Crippen molar-refractivity contribution in [1.82, 2.24) is 15.1 Å². The van der Waals surface area contributed by atoms with Crippen molar-refractivity contribution < 1.29 is 9.47 Å². The van der Waals surface area contributed by atoms with Crippen molar-refractivity contribution >= 4 is 0 Å². The molecule has 1 aromatic carbocycles. The van der Waals surface area contributed by atoms with E-state index in [1.165, 1.54) is 0 Å². The van der Waals surface area contributed by atoms with E-state index in [0.717, 1.165) is 29.3 Å². The van der Waals surface area contributed by atoms with E-state index in [0.29, 0.717) is 0 Å². The smallest absolute Gasteiger partial charge is 0.161 e. The van der Waals surface area contributed by atoms with Gasteiger partial charge in [-0.15, -0.1) is 0 Å². The molecule has 2 rings (SSSR count). The van der Waals surface area contributed by atoms with Crippen molar-refractivity contribution in [2.24, 2.45) is 7.05 Å². The van der Waals surface area contributed by atoms with Crippen molar-refractivity contribution in [3.8, 4) is 11.5 Å². The lowest BCUT2D eigenvalue weighted by Gasteiger charge is -2.13. The topological polar surface area (TPSA) is 48.3 Å². The molecule has 5 nitrogen and oxygen atoms in total. The maximum Gasteiger partial charge on any atom is 0.161 e. The molecule has 0 aliphatic heterocycles. The second-order valence-corrected chi connectivity index (χ2v) is 4.71. The molecule has 0 saturated heterocycles. The van der Waals surface area contributed by atoms with Crippen LogP contribution in [-0.4, -0.2) is 24.0 Å². The lowest BCUT2D eigenvalue weighted by molar-refractivity contribution is 0.354. The first-order valence-electron chi connectivity index (χ1n) is 6.58. The lowest BCUT2D eigenvalue weighted by atomic mass is 10.1. The predicted molar refractivity (Wildman–Crippen MR) is 78.0 cm³/mol. The summed E-state index contributed by atoms with van der Waals surface area (Å²) < 4.78 is 12.3. The molecule has 1 N–H and O–H groups in total. The molecular weight excluding hydrogens is 254 g/mol. The molecule has 2 aromatic rings. The van der Waals surface area contributed by atoms with Crippen molar-refractivity contribution in [3.63, 3.8) is 0 Å². The second kappa shape index (κ2) is 6.43. The van der Waals surface area contributed by atoms with E-state index in [9.17, 15) is 0 Å². The summed E-state index contributed by atoms with van der Waals surface area (Å²) in [6, 6.07) is 8.15. The average Bonchev–Trinajstić information content (AvgIpc) is 2.91. The summed E-state index contributed by atoms with van der Waals surface area (Å²) in [4.78, 5) is 0. The Morgan fingerprint density at radius 1 is 1.20 bits per heavy atom. The molecule has 20 heavy (non-hydrogen) atoms. The SMILES string of the molecule is COc1ccc(CNC(C)c2ccn(C)n2)cc1OC. The first kappa shape index (κ1) is 14.4. The van der Waals surface area contributed by atoms with Gasteiger partial charge in [0.25, 0.3) is 0 Å². The van der Waals surface area contributed by atoms with Crippen molar-refractivity contribution in [2.45, 2.75) is 19.5 Å². The van der Waals surface area contributed by atoms with Crippen LogP contribution in [0.15, 0.2) is 30.5 Å². The van der Waals surface area contributed by atoms with Crippen LogP contribution < -0.4 is 14.8 Å². The second-order valence-electron chi connectivity index (χ2n) is 4.71. The Morgan fingerprint density at radius 2 is 1.95 bits per heavy atom. The minimum atomic E-state index is 0.198. The van der Waals surface area contributed by atoms with E-state index < -0.39 is 0 Å². The van der Waals surface area contributed by atoms with Gasteiger partial charge in [0.15, 0.2) is 11.5 Å². The normalized spacial score (nSPS) is 12.2. The van der Waals surface area contributed by atoms with E-state index in [4.69, 9.17) is 9.47 Å². The van der Waals surface area contributed by atoms with Crippen LogP contribution in [0.2, 0.25) is 0 Å². The van der Waals surface area contributed by atoms with E-state index in [2.05, 4.69) is 17.3 Å². The standard InChI is InChI=1S/C15H21N3O2/c1-11(13-7-8-18(2)17-13)16-10-12-5-6-14(19-3)15(9-12)20-4/h5-9,11,16H,10H2,1-4H3. The van der Waals surface area contributed by atoms with Crippen LogP contribution >= 0.6 is 0 Å². The molecule has 0 fully saturated rings. The zero-order valence-corrected chi connectivity index (χ0v) is 12.4. The minimum Gasteiger partial charge on any atom is -0.493 e. The Balaban J connectivity index is 2.00. The zero-order valence-electron chi connectivity index (χ0n) is 12.4. The molecule has 108 valence electrons. The van der Waals surface area contributed by atoms with Gasteiger partial charge >= 0.3 is 0 Å². The monoisotopic (exact) mass is 275 g/mol. The Labute approximate surface area is 119 Å². The third-order valence-corrected chi connectivity index (χ3v) is 3.24. The summed E-state index contributed by atoms with van der Waals surface area (Å²) in [5, 5.41) is 7.84.